The molecule has 0 radical (unpaired) electrons. The summed E-state index contributed by atoms with van der Waals surface area (Å²) in [7, 11) is 0. The van der Waals surface area contributed by atoms with E-state index in [4.69, 9.17) is 9.47 Å². The van der Waals surface area contributed by atoms with Crippen molar-refractivity contribution in [3.8, 4) is 0 Å². The van der Waals surface area contributed by atoms with Gasteiger partial charge in [-0.25, -0.2) is 9.59 Å². The summed E-state index contributed by atoms with van der Waals surface area (Å²) in [6.45, 7) is 10.6. The van der Waals surface area contributed by atoms with Crippen molar-refractivity contribution >= 4 is 12.1 Å². The molecule has 0 aliphatic rings. The van der Waals surface area contributed by atoms with E-state index < -0.39 is 23.3 Å². The zero-order chi connectivity index (χ0) is 14.8. The van der Waals surface area contributed by atoms with E-state index in [2.05, 4.69) is 5.10 Å². The third-order valence-electron chi connectivity index (χ3n) is 1.80. The predicted octanol–water partition coefficient (Wildman–Crippen LogP) is 2.62. The number of carbonyl (C=O) groups excluding carboxylic acids is 2. The van der Waals surface area contributed by atoms with Crippen LogP contribution in [0.1, 0.15) is 51.9 Å². The molecule has 0 unspecified atom stereocenters. The maximum atomic E-state index is 11.8. The minimum atomic E-state index is -0.637. The first kappa shape index (κ1) is 15.2. The third kappa shape index (κ3) is 5.11. The van der Waals surface area contributed by atoms with Crippen molar-refractivity contribution in [2.24, 2.45) is 0 Å². The Morgan fingerprint density at radius 2 is 1.58 bits per heavy atom. The summed E-state index contributed by atoms with van der Waals surface area (Å²) < 4.78 is 11.3. The van der Waals surface area contributed by atoms with Gasteiger partial charge in [0.2, 0.25) is 0 Å². The van der Waals surface area contributed by atoms with Gasteiger partial charge in [0.15, 0.2) is 0 Å². The quantitative estimate of drug-likeness (QED) is 0.732. The average molecular weight is 268 g/mol. The van der Waals surface area contributed by atoms with E-state index >= 15 is 0 Å². The smallest absolute Gasteiger partial charge is 0.435 e. The Morgan fingerprint density at radius 1 is 1.05 bits per heavy atom. The van der Waals surface area contributed by atoms with Crippen LogP contribution in [0.15, 0.2) is 12.4 Å². The van der Waals surface area contributed by atoms with Gasteiger partial charge in [-0.15, -0.1) is 0 Å². The number of rotatable bonds is 1. The van der Waals surface area contributed by atoms with Gasteiger partial charge in [-0.1, -0.05) is 0 Å². The molecule has 0 aliphatic carbocycles. The van der Waals surface area contributed by atoms with Crippen LogP contribution >= 0.6 is 0 Å². The zero-order valence-electron chi connectivity index (χ0n) is 12.2. The molecule has 0 fully saturated rings. The monoisotopic (exact) mass is 268 g/mol. The van der Waals surface area contributed by atoms with Crippen LogP contribution in [0.4, 0.5) is 4.79 Å². The maximum absolute atomic E-state index is 11.8. The Balaban J connectivity index is 2.77. The molecular weight excluding hydrogens is 248 g/mol. The lowest BCUT2D eigenvalue weighted by atomic mass is 10.2. The fourth-order valence-corrected chi connectivity index (χ4v) is 1.17. The summed E-state index contributed by atoms with van der Waals surface area (Å²) in [6, 6.07) is 0. The molecular formula is C13H20N2O4. The number of hydrogen-bond donors (Lipinski definition) is 0. The van der Waals surface area contributed by atoms with Crippen molar-refractivity contribution in [3.05, 3.63) is 18.0 Å². The second-order valence-electron chi connectivity index (χ2n) is 6.16. The molecule has 1 aromatic rings. The molecule has 1 aromatic heterocycles. The molecule has 0 atom stereocenters. The van der Waals surface area contributed by atoms with Crippen LogP contribution in [-0.2, 0) is 9.47 Å². The molecule has 0 aromatic carbocycles. The standard InChI is InChI=1S/C13H20N2O4/c1-12(2,3)18-10(16)9-7-14-15(8-9)11(17)19-13(4,5)6/h7-8H,1-6H3. The number of aromatic nitrogens is 2. The number of nitrogens with zero attached hydrogens (tertiary/aromatic N) is 2. The number of carbonyl (C=O) groups is 2. The zero-order valence-corrected chi connectivity index (χ0v) is 12.2. The van der Waals surface area contributed by atoms with Gasteiger partial charge in [0, 0.05) is 0 Å². The third-order valence-corrected chi connectivity index (χ3v) is 1.80. The van der Waals surface area contributed by atoms with E-state index in [9.17, 15) is 9.59 Å². The fourth-order valence-electron chi connectivity index (χ4n) is 1.17. The normalized spacial score (nSPS) is 12.1. The fraction of sp³-hybridized carbons (Fsp3) is 0.615. The molecule has 1 rings (SSSR count). The molecule has 1 heterocycles. The van der Waals surface area contributed by atoms with Crippen LogP contribution in [0, 0.1) is 0 Å². The van der Waals surface area contributed by atoms with Crippen LogP contribution in [0.5, 0.6) is 0 Å². The molecule has 0 N–H and O–H groups in total. The Hall–Kier alpha value is -1.85. The van der Waals surface area contributed by atoms with Gasteiger partial charge in [-0.05, 0) is 41.5 Å². The van der Waals surface area contributed by atoms with Gasteiger partial charge in [0.25, 0.3) is 0 Å². The molecule has 0 spiro atoms. The van der Waals surface area contributed by atoms with Crippen molar-refractivity contribution < 1.29 is 19.1 Å². The minimum Gasteiger partial charge on any atom is -0.456 e. The topological polar surface area (TPSA) is 70.4 Å². The molecule has 6 nitrogen and oxygen atoms in total. The Morgan fingerprint density at radius 3 is 2.05 bits per heavy atom. The largest absolute Gasteiger partial charge is 0.456 e. The van der Waals surface area contributed by atoms with Gasteiger partial charge in [-0.3, -0.25) is 0 Å². The lowest BCUT2D eigenvalue weighted by Crippen LogP contribution is -2.27. The van der Waals surface area contributed by atoms with Gasteiger partial charge in [-0.2, -0.15) is 9.78 Å². The highest BCUT2D eigenvalue weighted by molar-refractivity contribution is 5.89. The second-order valence-corrected chi connectivity index (χ2v) is 6.16. The molecule has 106 valence electrons. The van der Waals surface area contributed by atoms with Crippen molar-refractivity contribution in [2.75, 3.05) is 0 Å². The molecule has 0 aliphatic heterocycles. The van der Waals surface area contributed by atoms with Gasteiger partial charge < -0.3 is 9.47 Å². The molecule has 19 heavy (non-hydrogen) atoms. The van der Waals surface area contributed by atoms with Gasteiger partial charge in [0.05, 0.1) is 18.0 Å². The Bertz CT molecular complexity index is 435. The van der Waals surface area contributed by atoms with E-state index in [-0.39, 0.29) is 5.56 Å². The van der Waals surface area contributed by atoms with E-state index in [1.807, 2.05) is 0 Å². The van der Waals surface area contributed by atoms with E-state index in [0.717, 1.165) is 4.68 Å². The number of ether oxygens (including phenoxy) is 2. The average Bonchev–Trinajstić information content (AvgIpc) is 2.60. The molecule has 0 amide bonds. The van der Waals surface area contributed by atoms with Gasteiger partial charge >= 0.3 is 12.1 Å². The highest BCUT2D eigenvalue weighted by Crippen LogP contribution is 2.13. The summed E-state index contributed by atoms with van der Waals surface area (Å²) in [5, 5.41) is 3.79. The summed E-state index contributed by atoms with van der Waals surface area (Å²) in [4.78, 5) is 23.5. The van der Waals surface area contributed by atoms with Crippen LogP contribution in [0.2, 0.25) is 0 Å². The van der Waals surface area contributed by atoms with Crippen LogP contribution < -0.4 is 0 Å². The first-order chi connectivity index (χ1) is 8.48. The lowest BCUT2D eigenvalue weighted by molar-refractivity contribution is 0.00696. The lowest BCUT2D eigenvalue weighted by Gasteiger charge is -2.19. The van der Waals surface area contributed by atoms with Crippen molar-refractivity contribution in [1.82, 2.24) is 9.78 Å². The Labute approximate surface area is 112 Å². The molecule has 0 saturated heterocycles. The summed E-state index contributed by atoms with van der Waals surface area (Å²) in [6.07, 6.45) is 1.93. The molecule has 0 bridgehead atoms. The summed E-state index contributed by atoms with van der Waals surface area (Å²) in [5.74, 6) is -0.526. The highest BCUT2D eigenvalue weighted by Gasteiger charge is 2.22. The second kappa shape index (κ2) is 5.03. The van der Waals surface area contributed by atoms with Crippen molar-refractivity contribution in [1.29, 1.82) is 0 Å². The SMILES string of the molecule is CC(C)(C)OC(=O)c1cnn(C(=O)OC(C)(C)C)c1. The minimum absolute atomic E-state index is 0.209. The van der Waals surface area contributed by atoms with Crippen LogP contribution in [0.3, 0.4) is 0 Å². The predicted molar refractivity (Wildman–Crippen MR) is 69.0 cm³/mol. The van der Waals surface area contributed by atoms with Gasteiger partial charge in [0.1, 0.15) is 11.2 Å². The van der Waals surface area contributed by atoms with Crippen molar-refractivity contribution in [2.45, 2.75) is 52.7 Å². The number of esters is 1. The van der Waals surface area contributed by atoms with E-state index in [0.29, 0.717) is 0 Å². The van der Waals surface area contributed by atoms with Crippen molar-refractivity contribution in [3.63, 3.8) is 0 Å². The Kier molecular flexibility index (Phi) is 4.03. The van der Waals surface area contributed by atoms with Crippen LogP contribution in [-0.4, -0.2) is 33.0 Å². The summed E-state index contributed by atoms with van der Waals surface area (Å²) in [5.41, 5.74) is -0.999. The number of hydrogen-bond acceptors (Lipinski definition) is 5. The molecule has 0 saturated carbocycles. The molecule has 6 heteroatoms. The highest BCUT2D eigenvalue weighted by atomic mass is 16.6. The van der Waals surface area contributed by atoms with E-state index in [1.54, 1.807) is 41.5 Å². The maximum Gasteiger partial charge on any atom is 0.435 e. The van der Waals surface area contributed by atoms with Crippen LogP contribution in [0.25, 0.3) is 0 Å². The first-order valence-corrected chi connectivity index (χ1v) is 5.99. The first-order valence-electron chi connectivity index (χ1n) is 5.99. The van der Waals surface area contributed by atoms with E-state index in [1.165, 1.54) is 12.4 Å². The summed E-state index contributed by atoms with van der Waals surface area (Å²) >= 11 is 0.